The van der Waals surface area contributed by atoms with Gasteiger partial charge in [0.15, 0.2) is 9.84 Å². The van der Waals surface area contributed by atoms with Gasteiger partial charge in [0.05, 0.1) is 30.4 Å². The van der Waals surface area contributed by atoms with Crippen molar-refractivity contribution in [2.45, 2.75) is 32.0 Å². The van der Waals surface area contributed by atoms with Crippen LogP contribution in [0.1, 0.15) is 19.1 Å². The van der Waals surface area contributed by atoms with Crippen LogP contribution in [-0.4, -0.2) is 61.8 Å². The first kappa shape index (κ1) is 16.0. The summed E-state index contributed by atoms with van der Waals surface area (Å²) in [5, 5.41) is 0. The van der Waals surface area contributed by atoms with E-state index in [9.17, 15) is 13.2 Å². The highest BCUT2D eigenvalue weighted by Crippen LogP contribution is 2.18. The molecule has 0 radical (unpaired) electrons. The second-order valence-corrected chi connectivity index (χ2v) is 7.91. The molecule has 1 aromatic heterocycles. The van der Waals surface area contributed by atoms with E-state index in [1.165, 1.54) is 0 Å². The number of carbonyl (C=O) groups excluding carboxylic acids is 1. The van der Waals surface area contributed by atoms with Gasteiger partial charge in [-0.05, 0) is 32.5 Å². The van der Waals surface area contributed by atoms with Gasteiger partial charge in [-0.1, -0.05) is 0 Å². The van der Waals surface area contributed by atoms with Crippen LogP contribution in [0.2, 0.25) is 0 Å². The summed E-state index contributed by atoms with van der Waals surface area (Å²) in [6.45, 7) is 2.36. The Morgan fingerprint density at radius 1 is 1.48 bits per heavy atom. The quantitative estimate of drug-likeness (QED) is 0.802. The Kier molecular flexibility index (Phi) is 4.73. The molecule has 2 atom stereocenters. The van der Waals surface area contributed by atoms with Crippen molar-refractivity contribution in [3.63, 3.8) is 0 Å². The SMILES string of the molecule is C[C@@H](C(=O)N(C)[C@@H]1CCS(=O)(=O)C1)N(C)Cc1ccco1. The average Bonchev–Trinajstić information content (AvgIpc) is 3.05. The Hall–Kier alpha value is -1.34. The summed E-state index contributed by atoms with van der Waals surface area (Å²) in [5.74, 6) is 0.977. The lowest BCUT2D eigenvalue weighted by Crippen LogP contribution is -2.48. The molecule has 2 rings (SSSR count). The molecule has 0 unspecified atom stereocenters. The topological polar surface area (TPSA) is 70.8 Å². The van der Waals surface area contributed by atoms with E-state index in [2.05, 4.69) is 0 Å². The molecule has 1 amide bonds. The van der Waals surface area contributed by atoms with Gasteiger partial charge in [-0.25, -0.2) is 8.42 Å². The van der Waals surface area contributed by atoms with E-state index in [0.717, 1.165) is 5.76 Å². The second-order valence-electron chi connectivity index (χ2n) is 5.68. The molecule has 1 saturated heterocycles. The summed E-state index contributed by atoms with van der Waals surface area (Å²) in [5.41, 5.74) is 0. The highest BCUT2D eigenvalue weighted by molar-refractivity contribution is 7.91. The molecular formula is C14H22N2O4S. The molecule has 0 bridgehead atoms. The van der Waals surface area contributed by atoms with E-state index in [0.29, 0.717) is 13.0 Å². The van der Waals surface area contributed by atoms with E-state index < -0.39 is 9.84 Å². The maximum atomic E-state index is 12.5. The van der Waals surface area contributed by atoms with E-state index >= 15 is 0 Å². The smallest absolute Gasteiger partial charge is 0.239 e. The number of carbonyl (C=O) groups is 1. The van der Waals surface area contributed by atoms with E-state index in [1.807, 2.05) is 31.0 Å². The number of rotatable bonds is 5. The van der Waals surface area contributed by atoms with Gasteiger partial charge in [0.2, 0.25) is 5.91 Å². The Bertz CT molecular complexity index is 582. The standard InChI is InChI=1S/C14H22N2O4S/c1-11(15(2)9-13-5-4-7-20-13)14(17)16(3)12-6-8-21(18,19)10-12/h4-5,7,11-12H,6,8-10H2,1-3H3/t11-,12+/m0/s1. The maximum Gasteiger partial charge on any atom is 0.239 e. The number of likely N-dealkylation sites (N-methyl/N-ethyl adjacent to an activating group) is 2. The van der Waals surface area contributed by atoms with Crippen molar-refractivity contribution in [3.8, 4) is 0 Å². The Balaban J connectivity index is 1.95. The third-order valence-corrected chi connectivity index (χ3v) is 5.86. The molecule has 0 saturated carbocycles. The maximum absolute atomic E-state index is 12.5. The van der Waals surface area contributed by atoms with Gasteiger partial charge in [0, 0.05) is 13.1 Å². The molecular weight excluding hydrogens is 292 g/mol. The molecule has 0 spiro atoms. The molecule has 1 aliphatic heterocycles. The molecule has 0 N–H and O–H groups in total. The van der Waals surface area contributed by atoms with Crippen LogP contribution in [0.5, 0.6) is 0 Å². The van der Waals surface area contributed by atoms with Crippen molar-refractivity contribution < 1.29 is 17.6 Å². The highest BCUT2D eigenvalue weighted by atomic mass is 32.2. The number of sulfone groups is 1. The summed E-state index contributed by atoms with van der Waals surface area (Å²) < 4.78 is 28.3. The number of hydrogen-bond donors (Lipinski definition) is 0. The fraction of sp³-hybridized carbons (Fsp3) is 0.643. The third kappa shape index (κ3) is 3.85. The lowest BCUT2D eigenvalue weighted by molar-refractivity contribution is -0.136. The summed E-state index contributed by atoms with van der Waals surface area (Å²) in [4.78, 5) is 15.9. The molecule has 2 heterocycles. The summed E-state index contributed by atoms with van der Waals surface area (Å²) >= 11 is 0. The van der Waals surface area contributed by atoms with Crippen molar-refractivity contribution >= 4 is 15.7 Å². The first-order valence-electron chi connectivity index (χ1n) is 7.00. The predicted octanol–water partition coefficient (Wildman–Crippen LogP) is 0.745. The molecule has 1 aromatic rings. The predicted molar refractivity (Wildman–Crippen MR) is 79.5 cm³/mol. The first-order valence-corrected chi connectivity index (χ1v) is 8.82. The van der Waals surface area contributed by atoms with Crippen molar-refractivity contribution in [2.75, 3.05) is 25.6 Å². The van der Waals surface area contributed by atoms with Gasteiger partial charge in [-0.3, -0.25) is 9.69 Å². The first-order chi connectivity index (χ1) is 9.80. The van der Waals surface area contributed by atoms with Crippen LogP contribution in [0.25, 0.3) is 0 Å². The molecule has 21 heavy (non-hydrogen) atoms. The van der Waals surface area contributed by atoms with Crippen molar-refractivity contribution in [1.29, 1.82) is 0 Å². The lowest BCUT2D eigenvalue weighted by Gasteiger charge is -2.30. The Morgan fingerprint density at radius 3 is 2.71 bits per heavy atom. The minimum absolute atomic E-state index is 0.0637. The molecule has 118 valence electrons. The number of amides is 1. The fourth-order valence-corrected chi connectivity index (χ4v) is 4.30. The van der Waals surface area contributed by atoms with Gasteiger partial charge in [-0.2, -0.15) is 0 Å². The lowest BCUT2D eigenvalue weighted by atomic mass is 10.2. The van der Waals surface area contributed by atoms with Crippen LogP contribution >= 0.6 is 0 Å². The number of furan rings is 1. The molecule has 6 nitrogen and oxygen atoms in total. The van der Waals surface area contributed by atoms with Crippen LogP contribution in [-0.2, 0) is 21.2 Å². The largest absolute Gasteiger partial charge is 0.468 e. The zero-order valence-electron chi connectivity index (χ0n) is 12.7. The van der Waals surface area contributed by atoms with Gasteiger partial charge < -0.3 is 9.32 Å². The number of hydrogen-bond acceptors (Lipinski definition) is 5. The second kappa shape index (κ2) is 6.19. The Labute approximate surface area is 125 Å². The van der Waals surface area contributed by atoms with Crippen molar-refractivity contribution in [2.24, 2.45) is 0 Å². The molecule has 1 aliphatic rings. The molecule has 0 aliphatic carbocycles. The van der Waals surface area contributed by atoms with Crippen LogP contribution in [0.4, 0.5) is 0 Å². The van der Waals surface area contributed by atoms with Gasteiger partial charge in [-0.15, -0.1) is 0 Å². The third-order valence-electron chi connectivity index (χ3n) is 4.11. The van der Waals surface area contributed by atoms with E-state index in [-0.39, 0.29) is 29.5 Å². The van der Waals surface area contributed by atoms with E-state index in [1.54, 1.807) is 18.2 Å². The Morgan fingerprint density at radius 2 is 2.19 bits per heavy atom. The molecule has 0 aromatic carbocycles. The minimum Gasteiger partial charge on any atom is -0.468 e. The van der Waals surface area contributed by atoms with E-state index in [4.69, 9.17) is 4.42 Å². The average molecular weight is 314 g/mol. The zero-order chi connectivity index (χ0) is 15.6. The van der Waals surface area contributed by atoms with Crippen LogP contribution in [0, 0.1) is 0 Å². The normalized spacial score (nSPS) is 22.4. The zero-order valence-corrected chi connectivity index (χ0v) is 13.5. The van der Waals surface area contributed by atoms with Gasteiger partial charge in [0.1, 0.15) is 5.76 Å². The van der Waals surface area contributed by atoms with Crippen molar-refractivity contribution in [1.82, 2.24) is 9.80 Å². The van der Waals surface area contributed by atoms with Gasteiger partial charge >= 0.3 is 0 Å². The highest BCUT2D eigenvalue weighted by Gasteiger charge is 2.34. The summed E-state index contributed by atoms with van der Waals surface area (Å²) in [6.07, 6.45) is 2.13. The van der Waals surface area contributed by atoms with Crippen LogP contribution < -0.4 is 0 Å². The fourth-order valence-electron chi connectivity index (χ4n) is 2.53. The van der Waals surface area contributed by atoms with Crippen LogP contribution in [0.3, 0.4) is 0 Å². The molecule has 1 fully saturated rings. The van der Waals surface area contributed by atoms with Crippen molar-refractivity contribution in [3.05, 3.63) is 24.2 Å². The number of nitrogens with zero attached hydrogens (tertiary/aromatic N) is 2. The summed E-state index contributed by atoms with van der Waals surface area (Å²) in [7, 11) is 0.554. The molecule has 7 heteroatoms. The minimum atomic E-state index is -2.98. The van der Waals surface area contributed by atoms with Gasteiger partial charge in [0.25, 0.3) is 0 Å². The van der Waals surface area contributed by atoms with Crippen LogP contribution in [0.15, 0.2) is 22.8 Å². The summed E-state index contributed by atoms with van der Waals surface area (Å²) in [6, 6.07) is 3.14. The monoisotopic (exact) mass is 314 g/mol.